The highest BCUT2D eigenvalue weighted by atomic mass is 32.2. The molecule has 0 aromatic heterocycles. The number of benzene rings is 2. The van der Waals surface area contributed by atoms with Gasteiger partial charge in [0, 0.05) is 32.6 Å². The zero-order chi connectivity index (χ0) is 27.3. The highest BCUT2D eigenvalue weighted by molar-refractivity contribution is 7.89. The van der Waals surface area contributed by atoms with E-state index >= 15 is 0 Å². The molecular formula is C26H35N3O7S2. The summed E-state index contributed by atoms with van der Waals surface area (Å²) in [6.07, 6.45) is 4.60. The van der Waals surface area contributed by atoms with Crippen LogP contribution in [0.15, 0.2) is 46.2 Å². The van der Waals surface area contributed by atoms with Gasteiger partial charge in [-0.2, -0.15) is 8.61 Å². The molecule has 208 valence electrons. The molecule has 0 radical (unpaired) electrons. The zero-order valence-electron chi connectivity index (χ0n) is 21.8. The quantitative estimate of drug-likeness (QED) is 0.469. The largest absolute Gasteiger partial charge is 0.496 e. The number of nitrogens with zero attached hydrogens (tertiary/aromatic N) is 2. The topological polar surface area (TPSA) is 122 Å². The summed E-state index contributed by atoms with van der Waals surface area (Å²) >= 11 is 0. The number of hydrogen-bond acceptors (Lipinski definition) is 7. The maximum atomic E-state index is 13.1. The summed E-state index contributed by atoms with van der Waals surface area (Å²) in [4.78, 5) is 13.2. The molecule has 12 heteroatoms. The Morgan fingerprint density at radius 1 is 0.763 bits per heavy atom. The summed E-state index contributed by atoms with van der Waals surface area (Å²) in [7, 11) is -4.36. The molecule has 10 nitrogen and oxygen atoms in total. The zero-order valence-corrected chi connectivity index (χ0v) is 23.4. The normalized spacial score (nSPS) is 17.3. The Labute approximate surface area is 225 Å². The van der Waals surface area contributed by atoms with Gasteiger partial charge in [0.1, 0.15) is 11.5 Å². The van der Waals surface area contributed by atoms with Crippen LogP contribution >= 0.6 is 0 Å². The van der Waals surface area contributed by atoms with E-state index in [1.165, 1.54) is 47.1 Å². The number of rotatable bonds is 10. The fourth-order valence-electron chi connectivity index (χ4n) is 4.85. The second-order valence-corrected chi connectivity index (χ2v) is 13.3. The average Bonchev–Trinajstić information content (AvgIpc) is 3.48. The van der Waals surface area contributed by atoms with Crippen molar-refractivity contribution in [1.29, 1.82) is 0 Å². The number of methoxy groups -OCH3 is 2. The molecule has 0 bridgehead atoms. The highest BCUT2D eigenvalue weighted by Crippen LogP contribution is 2.31. The monoisotopic (exact) mass is 565 g/mol. The fraction of sp³-hybridized carbons (Fsp3) is 0.500. The van der Waals surface area contributed by atoms with Crippen molar-refractivity contribution in [3.05, 3.63) is 42.0 Å². The first-order valence-corrected chi connectivity index (χ1v) is 15.7. The van der Waals surface area contributed by atoms with E-state index in [0.29, 0.717) is 43.2 Å². The third-order valence-electron chi connectivity index (χ3n) is 6.97. The molecule has 2 heterocycles. The molecule has 0 unspecified atom stereocenters. The van der Waals surface area contributed by atoms with Crippen LogP contribution < -0.4 is 14.8 Å². The second-order valence-electron chi connectivity index (χ2n) is 9.46. The van der Waals surface area contributed by atoms with Crippen molar-refractivity contribution < 1.29 is 31.1 Å². The van der Waals surface area contributed by atoms with Crippen molar-refractivity contribution in [2.75, 3.05) is 45.7 Å². The molecular weight excluding hydrogens is 530 g/mol. The lowest BCUT2D eigenvalue weighted by Gasteiger charge is -2.26. The number of ether oxygens (including phenoxy) is 2. The Bertz CT molecular complexity index is 1370. The van der Waals surface area contributed by atoms with Crippen molar-refractivity contribution >= 4 is 31.6 Å². The van der Waals surface area contributed by atoms with Gasteiger partial charge in [-0.15, -0.1) is 0 Å². The Balaban J connectivity index is 1.49. The lowest BCUT2D eigenvalue weighted by Crippen LogP contribution is -2.35. The smallest absolute Gasteiger partial charge is 0.243 e. The number of nitrogens with one attached hydrogen (secondary N) is 1. The van der Waals surface area contributed by atoms with Gasteiger partial charge in [0.25, 0.3) is 0 Å². The first-order valence-electron chi connectivity index (χ1n) is 12.8. The lowest BCUT2D eigenvalue weighted by molar-refractivity contribution is -0.116. The number of aryl methyl sites for hydroxylation is 1. The van der Waals surface area contributed by atoms with E-state index in [-0.39, 0.29) is 34.2 Å². The summed E-state index contributed by atoms with van der Waals surface area (Å²) in [6.45, 7) is 1.95. The van der Waals surface area contributed by atoms with Crippen LogP contribution in [0.2, 0.25) is 0 Å². The minimum absolute atomic E-state index is 0.0236. The Hall–Kier alpha value is -2.67. The van der Waals surface area contributed by atoms with Gasteiger partial charge in [0.05, 0.1) is 29.7 Å². The predicted molar refractivity (Wildman–Crippen MR) is 144 cm³/mol. The minimum atomic E-state index is -3.67. The van der Waals surface area contributed by atoms with Crippen LogP contribution in [-0.2, 0) is 31.3 Å². The van der Waals surface area contributed by atoms with Crippen LogP contribution in [0.25, 0.3) is 0 Å². The van der Waals surface area contributed by atoms with Crippen LogP contribution in [-0.4, -0.2) is 71.8 Å². The van der Waals surface area contributed by atoms with E-state index in [4.69, 9.17) is 9.47 Å². The maximum absolute atomic E-state index is 13.1. The summed E-state index contributed by atoms with van der Waals surface area (Å²) in [5.41, 5.74) is 0.851. The van der Waals surface area contributed by atoms with E-state index in [0.717, 1.165) is 32.1 Å². The van der Waals surface area contributed by atoms with E-state index in [1.807, 2.05) is 0 Å². The molecule has 2 fully saturated rings. The maximum Gasteiger partial charge on any atom is 0.243 e. The van der Waals surface area contributed by atoms with Gasteiger partial charge in [0.15, 0.2) is 0 Å². The van der Waals surface area contributed by atoms with Crippen molar-refractivity contribution in [2.45, 2.75) is 54.7 Å². The van der Waals surface area contributed by atoms with Crippen LogP contribution in [0, 0.1) is 0 Å². The third kappa shape index (κ3) is 6.14. The number of anilines is 1. The van der Waals surface area contributed by atoms with Crippen molar-refractivity contribution in [2.24, 2.45) is 0 Å². The van der Waals surface area contributed by atoms with Gasteiger partial charge in [-0.25, -0.2) is 16.8 Å². The summed E-state index contributed by atoms with van der Waals surface area (Å²) in [5.74, 6) is 0.461. The molecule has 38 heavy (non-hydrogen) atoms. The van der Waals surface area contributed by atoms with Crippen molar-refractivity contribution in [1.82, 2.24) is 8.61 Å². The first kappa shape index (κ1) is 28.3. The number of amides is 1. The standard InChI is InChI=1S/C26H35N3O7S2/c1-35-24-11-9-21(37(31,32)28-14-4-3-5-15-28)18-20(24)8-13-26(30)27-23-19-22(10-12-25(23)36-2)38(33,34)29-16-6-7-17-29/h9-12,18-19H,3-8,13-17H2,1-2H3,(H,27,30). The van der Waals surface area contributed by atoms with Gasteiger partial charge < -0.3 is 14.8 Å². The first-order chi connectivity index (χ1) is 18.2. The number of piperidine rings is 1. The van der Waals surface area contributed by atoms with Gasteiger partial charge in [0.2, 0.25) is 26.0 Å². The van der Waals surface area contributed by atoms with E-state index in [1.54, 1.807) is 12.1 Å². The number of carbonyl (C=O) groups excluding carboxylic acids is 1. The molecule has 0 saturated carbocycles. The average molecular weight is 566 g/mol. The van der Waals surface area contributed by atoms with Gasteiger partial charge >= 0.3 is 0 Å². The molecule has 0 aliphatic carbocycles. The summed E-state index contributed by atoms with van der Waals surface area (Å²) < 4.78 is 65.9. The summed E-state index contributed by atoms with van der Waals surface area (Å²) in [5, 5.41) is 2.75. The second kappa shape index (κ2) is 12.0. The van der Waals surface area contributed by atoms with Crippen molar-refractivity contribution in [3.63, 3.8) is 0 Å². The summed E-state index contributed by atoms with van der Waals surface area (Å²) in [6, 6.07) is 9.12. The molecule has 2 aromatic carbocycles. The molecule has 1 N–H and O–H groups in total. The van der Waals surface area contributed by atoms with Crippen LogP contribution in [0.1, 0.15) is 44.1 Å². The predicted octanol–water partition coefficient (Wildman–Crippen LogP) is 3.23. The van der Waals surface area contributed by atoms with Gasteiger partial charge in [-0.3, -0.25) is 4.79 Å². The number of hydrogen-bond donors (Lipinski definition) is 1. The number of carbonyl (C=O) groups is 1. The molecule has 2 aliphatic heterocycles. The number of sulfonamides is 2. The third-order valence-corrected chi connectivity index (χ3v) is 10.8. The Kier molecular flexibility index (Phi) is 8.96. The van der Waals surface area contributed by atoms with E-state index < -0.39 is 20.0 Å². The Morgan fingerprint density at radius 3 is 1.82 bits per heavy atom. The van der Waals surface area contributed by atoms with E-state index in [9.17, 15) is 21.6 Å². The fourth-order valence-corrected chi connectivity index (χ4v) is 7.96. The molecule has 2 aliphatic rings. The molecule has 0 atom stereocenters. The molecule has 2 saturated heterocycles. The molecule has 2 aromatic rings. The molecule has 1 amide bonds. The van der Waals surface area contributed by atoms with Crippen LogP contribution in [0.5, 0.6) is 11.5 Å². The molecule has 0 spiro atoms. The minimum Gasteiger partial charge on any atom is -0.496 e. The SMILES string of the molecule is COc1ccc(S(=O)(=O)N2CCCCC2)cc1CCC(=O)Nc1cc(S(=O)(=O)N2CCCC2)ccc1OC. The van der Waals surface area contributed by atoms with Crippen molar-refractivity contribution in [3.8, 4) is 11.5 Å². The Morgan fingerprint density at radius 2 is 1.26 bits per heavy atom. The lowest BCUT2D eigenvalue weighted by atomic mass is 10.1. The highest BCUT2D eigenvalue weighted by Gasteiger charge is 2.29. The van der Waals surface area contributed by atoms with Gasteiger partial charge in [-0.05, 0) is 74.1 Å². The van der Waals surface area contributed by atoms with E-state index in [2.05, 4.69) is 5.32 Å². The van der Waals surface area contributed by atoms with Gasteiger partial charge in [-0.1, -0.05) is 6.42 Å². The van der Waals surface area contributed by atoms with Crippen LogP contribution in [0.3, 0.4) is 0 Å². The molecule has 4 rings (SSSR count). The van der Waals surface area contributed by atoms with Crippen LogP contribution in [0.4, 0.5) is 5.69 Å².